The Morgan fingerprint density at radius 1 is 1.17 bits per heavy atom. The van der Waals surface area contributed by atoms with E-state index in [0.717, 1.165) is 37.7 Å². The number of phenols is 1. The van der Waals surface area contributed by atoms with Crippen LogP contribution in [0.15, 0.2) is 18.2 Å². The molecule has 3 aliphatic carbocycles. The second-order valence-electron chi connectivity index (χ2n) is 8.71. The summed E-state index contributed by atoms with van der Waals surface area (Å²) in [5.74, 6) is 1.87. The maximum atomic E-state index is 10.5. The van der Waals surface area contributed by atoms with E-state index in [-0.39, 0.29) is 23.5 Å². The highest BCUT2D eigenvalue weighted by atomic mass is 16.3. The predicted molar refractivity (Wildman–Crippen MR) is 89.5 cm³/mol. The maximum Gasteiger partial charge on any atom is 0.115 e. The lowest BCUT2D eigenvalue weighted by Crippen LogP contribution is -2.48. The summed E-state index contributed by atoms with van der Waals surface area (Å²) in [5, 5.41) is 30.5. The fourth-order valence-electron chi connectivity index (χ4n) is 6.10. The number of benzene rings is 1. The van der Waals surface area contributed by atoms with Gasteiger partial charge in [0.15, 0.2) is 0 Å². The first-order valence-electron chi connectivity index (χ1n) is 9.01. The van der Waals surface area contributed by atoms with Crippen molar-refractivity contribution in [1.29, 1.82) is 0 Å². The minimum absolute atomic E-state index is 0.0476. The summed E-state index contributed by atoms with van der Waals surface area (Å²) < 4.78 is 0. The third-order valence-corrected chi connectivity index (χ3v) is 7.51. The normalized spacial score (nSPS) is 45.2. The van der Waals surface area contributed by atoms with Crippen LogP contribution in [0.3, 0.4) is 0 Å². The topological polar surface area (TPSA) is 60.7 Å². The number of fused-ring (bicyclic) bond motifs is 5. The zero-order valence-corrected chi connectivity index (χ0v) is 14.1. The molecular weight excluding hydrogens is 288 g/mol. The van der Waals surface area contributed by atoms with Crippen LogP contribution in [0.25, 0.3) is 0 Å². The molecular formula is C20H28O3. The molecule has 0 saturated heterocycles. The number of aliphatic hydroxyl groups excluding tert-OH is 2. The van der Waals surface area contributed by atoms with E-state index in [1.54, 1.807) is 6.07 Å². The Balaban J connectivity index is 1.81. The zero-order valence-electron chi connectivity index (χ0n) is 14.1. The second-order valence-corrected chi connectivity index (χ2v) is 8.71. The molecule has 23 heavy (non-hydrogen) atoms. The highest BCUT2D eigenvalue weighted by Gasteiger charge is 2.56. The summed E-state index contributed by atoms with van der Waals surface area (Å²) in [5.41, 5.74) is 2.20. The van der Waals surface area contributed by atoms with Gasteiger partial charge < -0.3 is 15.3 Å². The van der Waals surface area contributed by atoms with Crippen molar-refractivity contribution in [2.75, 3.05) is 6.61 Å². The van der Waals surface area contributed by atoms with Gasteiger partial charge in [0.05, 0.1) is 12.7 Å². The molecule has 0 unspecified atom stereocenters. The van der Waals surface area contributed by atoms with E-state index >= 15 is 0 Å². The molecule has 3 aliphatic rings. The molecule has 1 aromatic carbocycles. The molecule has 6 atom stereocenters. The Hall–Kier alpha value is -1.06. The number of aromatic hydroxyl groups is 1. The fourth-order valence-corrected chi connectivity index (χ4v) is 6.10. The fraction of sp³-hybridized carbons (Fsp3) is 0.700. The lowest BCUT2D eigenvalue weighted by atomic mass is 9.51. The van der Waals surface area contributed by atoms with E-state index in [9.17, 15) is 15.3 Å². The Bertz CT molecular complexity index is 627. The van der Waals surface area contributed by atoms with Crippen LogP contribution in [0.4, 0.5) is 0 Å². The van der Waals surface area contributed by atoms with Crippen molar-refractivity contribution in [1.82, 2.24) is 0 Å². The van der Waals surface area contributed by atoms with Crippen molar-refractivity contribution in [3.8, 4) is 5.75 Å². The van der Waals surface area contributed by atoms with Crippen LogP contribution in [0, 0.1) is 17.3 Å². The van der Waals surface area contributed by atoms with Crippen molar-refractivity contribution in [3.05, 3.63) is 29.3 Å². The van der Waals surface area contributed by atoms with E-state index in [0.29, 0.717) is 23.5 Å². The minimum Gasteiger partial charge on any atom is -0.508 e. The van der Waals surface area contributed by atoms with E-state index in [1.807, 2.05) is 6.07 Å². The maximum absolute atomic E-state index is 10.5. The molecule has 126 valence electrons. The quantitative estimate of drug-likeness (QED) is 0.745. The minimum atomic E-state index is -0.291. The first kappa shape index (κ1) is 15.5. The summed E-state index contributed by atoms with van der Waals surface area (Å²) in [6, 6.07) is 5.72. The Labute approximate surface area is 138 Å². The molecule has 2 fully saturated rings. The average molecular weight is 316 g/mol. The van der Waals surface area contributed by atoms with Crippen LogP contribution < -0.4 is 0 Å². The summed E-state index contributed by atoms with van der Waals surface area (Å²) >= 11 is 0. The first-order valence-corrected chi connectivity index (χ1v) is 9.01. The molecule has 0 spiro atoms. The van der Waals surface area contributed by atoms with Gasteiger partial charge in [-0.25, -0.2) is 0 Å². The van der Waals surface area contributed by atoms with E-state index in [4.69, 9.17) is 0 Å². The number of hydrogen-bond acceptors (Lipinski definition) is 3. The largest absolute Gasteiger partial charge is 0.508 e. The third kappa shape index (κ3) is 2.02. The molecule has 3 N–H and O–H groups in total. The molecule has 0 aliphatic heterocycles. The summed E-state index contributed by atoms with van der Waals surface area (Å²) in [4.78, 5) is 0. The molecule has 2 saturated carbocycles. The molecule has 1 aromatic rings. The Kier molecular flexibility index (Phi) is 3.34. The number of phenolic OH excluding ortho intramolecular Hbond substituents is 1. The second kappa shape index (κ2) is 4.97. The molecule has 0 radical (unpaired) electrons. The van der Waals surface area contributed by atoms with Gasteiger partial charge in [-0.3, -0.25) is 0 Å². The van der Waals surface area contributed by atoms with E-state index < -0.39 is 0 Å². The van der Waals surface area contributed by atoms with Gasteiger partial charge in [0, 0.05) is 5.41 Å². The molecule has 0 bridgehead atoms. The average Bonchev–Trinajstić information content (AvgIpc) is 2.84. The van der Waals surface area contributed by atoms with Crippen LogP contribution in [0.5, 0.6) is 5.75 Å². The van der Waals surface area contributed by atoms with Crippen LogP contribution in [0.2, 0.25) is 0 Å². The summed E-state index contributed by atoms with van der Waals surface area (Å²) in [7, 11) is 0. The molecule has 4 rings (SSSR count). The zero-order chi connectivity index (χ0) is 16.4. The Morgan fingerprint density at radius 2 is 1.96 bits per heavy atom. The molecule has 0 amide bonds. The summed E-state index contributed by atoms with van der Waals surface area (Å²) in [6.45, 7) is 4.51. The molecule has 3 nitrogen and oxygen atoms in total. The first-order chi connectivity index (χ1) is 10.9. The van der Waals surface area contributed by atoms with Crippen molar-refractivity contribution < 1.29 is 15.3 Å². The van der Waals surface area contributed by atoms with Gasteiger partial charge >= 0.3 is 0 Å². The van der Waals surface area contributed by atoms with E-state index in [2.05, 4.69) is 19.9 Å². The van der Waals surface area contributed by atoms with Gasteiger partial charge in [-0.05, 0) is 78.5 Å². The van der Waals surface area contributed by atoms with Gasteiger partial charge in [0.1, 0.15) is 5.75 Å². The number of rotatable bonds is 1. The van der Waals surface area contributed by atoms with Crippen molar-refractivity contribution >= 4 is 0 Å². The monoisotopic (exact) mass is 316 g/mol. The molecule has 0 aromatic heterocycles. The standard InChI is InChI=1S/C20H28O3/c1-19(11-21)10-15-13(14-4-3-12(22)9-17(14)19)7-8-20(2)16(15)5-6-18(20)23/h3-4,9,13,15-16,18,21-23H,5-8,10-11H2,1-2H3/t13-,15-,16+,18+,19+,20+/m1/s1. The SMILES string of the molecule is C[C@@]1(CO)C[C@@H]2[C@H](CC[C@]3(C)[C@@H](O)CC[C@@H]23)c2ccc(O)cc21. The van der Waals surface area contributed by atoms with Crippen LogP contribution in [-0.2, 0) is 5.41 Å². The van der Waals surface area contributed by atoms with Gasteiger partial charge in [0.2, 0.25) is 0 Å². The number of hydrogen-bond donors (Lipinski definition) is 3. The third-order valence-electron chi connectivity index (χ3n) is 7.51. The highest BCUT2D eigenvalue weighted by molar-refractivity contribution is 5.45. The van der Waals surface area contributed by atoms with Gasteiger partial charge in [-0.15, -0.1) is 0 Å². The molecule has 0 heterocycles. The lowest BCUT2D eigenvalue weighted by molar-refractivity contribution is -0.0329. The van der Waals surface area contributed by atoms with Crippen molar-refractivity contribution in [3.63, 3.8) is 0 Å². The lowest BCUT2D eigenvalue weighted by Gasteiger charge is -2.53. The van der Waals surface area contributed by atoms with Crippen LogP contribution in [-0.4, -0.2) is 28.0 Å². The predicted octanol–water partition coefficient (Wildman–Crippen LogP) is 3.32. The number of aliphatic hydroxyl groups is 2. The highest BCUT2D eigenvalue weighted by Crippen LogP contribution is 2.63. The van der Waals surface area contributed by atoms with Crippen molar-refractivity contribution in [2.24, 2.45) is 17.3 Å². The van der Waals surface area contributed by atoms with Crippen molar-refractivity contribution in [2.45, 2.75) is 63.4 Å². The Morgan fingerprint density at radius 3 is 2.70 bits per heavy atom. The van der Waals surface area contributed by atoms with Gasteiger partial charge in [0.25, 0.3) is 0 Å². The summed E-state index contributed by atoms with van der Waals surface area (Å²) in [6.07, 6.45) is 4.99. The van der Waals surface area contributed by atoms with Crippen LogP contribution in [0.1, 0.15) is 63.0 Å². The smallest absolute Gasteiger partial charge is 0.115 e. The van der Waals surface area contributed by atoms with Gasteiger partial charge in [-0.2, -0.15) is 0 Å². The van der Waals surface area contributed by atoms with Crippen LogP contribution >= 0.6 is 0 Å². The van der Waals surface area contributed by atoms with Gasteiger partial charge in [-0.1, -0.05) is 19.9 Å². The van der Waals surface area contributed by atoms with E-state index in [1.165, 1.54) is 5.56 Å². The molecule has 3 heteroatoms.